The van der Waals surface area contributed by atoms with Gasteiger partial charge in [0.25, 0.3) is 0 Å². The highest BCUT2D eigenvalue weighted by Gasteiger charge is 2.45. The average Bonchev–Trinajstić information content (AvgIpc) is 3.35. The average molecular weight is 494 g/mol. The SMILES string of the molecule is CC1CC(c2ccc3nc(CNC(=O)C4(CC(=O)O)Cc5ccccc5C4)sc3c2)C1.CN(C)C. The summed E-state index contributed by atoms with van der Waals surface area (Å²) in [5.74, 6) is 0.326. The van der Waals surface area contributed by atoms with Gasteiger partial charge in [0.1, 0.15) is 5.01 Å². The monoisotopic (exact) mass is 493 g/mol. The predicted octanol–water partition coefficient (Wildman–Crippen LogP) is 4.86. The van der Waals surface area contributed by atoms with Gasteiger partial charge in [0.15, 0.2) is 0 Å². The molecule has 0 radical (unpaired) electrons. The van der Waals surface area contributed by atoms with Crippen LogP contribution in [0.25, 0.3) is 10.2 Å². The van der Waals surface area contributed by atoms with Gasteiger partial charge in [-0.15, -0.1) is 11.3 Å². The zero-order chi connectivity index (χ0) is 25.2. The number of rotatable bonds is 6. The third-order valence-electron chi connectivity index (χ3n) is 6.85. The Balaban J connectivity index is 0.000000672. The van der Waals surface area contributed by atoms with Crippen LogP contribution in [0.4, 0.5) is 0 Å². The molecule has 1 amide bonds. The molecule has 3 aromatic rings. The van der Waals surface area contributed by atoms with Gasteiger partial charge in [-0.1, -0.05) is 37.3 Å². The second-order valence-corrected chi connectivity index (χ2v) is 11.7. The molecule has 6 nitrogen and oxygen atoms in total. The number of hydrogen-bond acceptors (Lipinski definition) is 5. The van der Waals surface area contributed by atoms with Crippen molar-refractivity contribution < 1.29 is 14.7 Å². The number of thiazole rings is 1. The Hall–Kier alpha value is -2.77. The second kappa shape index (κ2) is 10.5. The Kier molecular flexibility index (Phi) is 7.57. The lowest BCUT2D eigenvalue weighted by Gasteiger charge is -2.33. The molecule has 2 N–H and O–H groups in total. The number of carboxylic acids is 1. The van der Waals surface area contributed by atoms with Crippen LogP contribution < -0.4 is 5.32 Å². The van der Waals surface area contributed by atoms with Crippen molar-refractivity contribution in [2.45, 2.75) is 51.5 Å². The summed E-state index contributed by atoms with van der Waals surface area (Å²) in [7, 11) is 6.00. The van der Waals surface area contributed by atoms with E-state index >= 15 is 0 Å². The van der Waals surface area contributed by atoms with Crippen molar-refractivity contribution in [1.29, 1.82) is 0 Å². The van der Waals surface area contributed by atoms with Gasteiger partial charge in [0, 0.05) is 0 Å². The molecule has 5 rings (SSSR count). The standard InChI is InChI=1S/C25H26N2O3S.C3H9N/c1-15-8-19(9-15)16-6-7-20-21(10-16)31-22(27-20)14-26-24(30)25(13-23(28)29)11-17-4-2-3-5-18(17)12-25;1-4(2)3/h2-7,10,15,19H,8-9,11-14H2,1H3,(H,26,30)(H,28,29);1-3H3. The summed E-state index contributed by atoms with van der Waals surface area (Å²) in [4.78, 5) is 31.4. The van der Waals surface area contributed by atoms with E-state index in [0.29, 0.717) is 25.3 Å². The number of fused-ring (bicyclic) bond motifs is 2. The first-order valence-electron chi connectivity index (χ1n) is 12.2. The Morgan fingerprint density at radius 3 is 2.31 bits per heavy atom. The summed E-state index contributed by atoms with van der Waals surface area (Å²) < 4.78 is 1.15. The van der Waals surface area contributed by atoms with Crippen molar-refractivity contribution in [3.63, 3.8) is 0 Å². The zero-order valence-electron chi connectivity index (χ0n) is 21.0. The fourth-order valence-corrected chi connectivity index (χ4v) is 6.14. The summed E-state index contributed by atoms with van der Waals surface area (Å²) >= 11 is 1.61. The predicted molar refractivity (Wildman–Crippen MR) is 141 cm³/mol. The smallest absolute Gasteiger partial charge is 0.304 e. The lowest BCUT2D eigenvalue weighted by molar-refractivity contribution is -0.145. The first-order valence-corrected chi connectivity index (χ1v) is 13.0. The minimum atomic E-state index is -0.944. The molecule has 0 spiro atoms. The van der Waals surface area contributed by atoms with E-state index < -0.39 is 11.4 Å². The lowest BCUT2D eigenvalue weighted by atomic mass is 9.72. The van der Waals surface area contributed by atoms with E-state index in [1.807, 2.05) is 50.3 Å². The van der Waals surface area contributed by atoms with Gasteiger partial charge >= 0.3 is 5.97 Å². The summed E-state index contributed by atoms with van der Waals surface area (Å²) in [5, 5.41) is 13.3. The molecule has 7 heteroatoms. The van der Waals surface area contributed by atoms with Crippen LogP contribution in [0.15, 0.2) is 42.5 Å². The Morgan fingerprint density at radius 2 is 1.74 bits per heavy atom. The van der Waals surface area contributed by atoms with Crippen molar-refractivity contribution >= 4 is 33.4 Å². The lowest BCUT2D eigenvalue weighted by Crippen LogP contribution is -2.43. The van der Waals surface area contributed by atoms with E-state index in [4.69, 9.17) is 0 Å². The number of aliphatic carboxylic acids is 1. The molecule has 2 aliphatic carbocycles. The van der Waals surface area contributed by atoms with E-state index in [1.54, 1.807) is 11.3 Å². The van der Waals surface area contributed by atoms with Gasteiger partial charge in [-0.25, -0.2) is 4.98 Å². The van der Waals surface area contributed by atoms with Crippen LogP contribution in [0.3, 0.4) is 0 Å². The topological polar surface area (TPSA) is 82.5 Å². The van der Waals surface area contributed by atoms with Crippen LogP contribution >= 0.6 is 11.3 Å². The molecule has 0 bridgehead atoms. The third-order valence-corrected chi connectivity index (χ3v) is 7.87. The Morgan fingerprint density at radius 1 is 1.11 bits per heavy atom. The van der Waals surface area contributed by atoms with E-state index in [0.717, 1.165) is 32.3 Å². The number of aromatic nitrogens is 1. The van der Waals surface area contributed by atoms with Crippen LogP contribution in [-0.2, 0) is 29.0 Å². The molecule has 0 aliphatic heterocycles. The minimum absolute atomic E-state index is 0.170. The first kappa shape index (κ1) is 25.3. The van der Waals surface area contributed by atoms with Crippen LogP contribution in [0, 0.1) is 11.3 Å². The second-order valence-electron chi connectivity index (χ2n) is 10.6. The van der Waals surface area contributed by atoms with Gasteiger partial charge in [0.2, 0.25) is 5.91 Å². The van der Waals surface area contributed by atoms with Gasteiger partial charge < -0.3 is 15.3 Å². The van der Waals surface area contributed by atoms with Gasteiger partial charge in [-0.2, -0.15) is 0 Å². The first-order chi connectivity index (χ1) is 16.6. The molecule has 0 unspecified atom stereocenters. The summed E-state index contributed by atoms with van der Waals surface area (Å²) in [6.07, 6.45) is 3.26. The minimum Gasteiger partial charge on any atom is -0.481 e. The van der Waals surface area contributed by atoms with Crippen LogP contribution in [0.5, 0.6) is 0 Å². The highest BCUT2D eigenvalue weighted by molar-refractivity contribution is 7.18. The largest absolute Gasteiger partial charge is 0.481 e. The fraction of sp³-hybridized carbons (Fsp3) is 0.464. The summed E-state index contributed by atoms with van der Waals surface area (Å²) in [6, 6.07) is 14.4. The quantitative estimate of drug-likeness (QED) is 0.512. The van der Waals surface area contributed by atoms with Gasteiger partial charge in [0.05, 0.1) is 28.6 Å². The fourth-order valence-electron chi connectivity index (χ4n) is 5.19. The van der Waals surface area contributed by atoms with E-state index in [1.165, 1.54) is 18.4 Å². The number of carbonyl (C=O) groups is 2. The molecule has 35 heavy (non-hydrogen) atoms. The number of nitrogens with zero attached hydrogens (tertiary/aromatic N) is 2. The van der Waals surface area contributed by atoms with Crippen LogP contribution in [-0.4, -0.2) is 48.0 Å². The maximum Gasteiger partial charge on any atom is 0.304 e. The molecule has 1 saturated carbocycles. The van der Waals surface area contributed by atoms with Crippen LogP contribution in [0.1, 0.15) is 53.8 Å². The maximum absolute atomic E-state index is 13.2. The molecule has 1 heterocycles. The highest BCUT2D eigenvalue weighted by atomic mass is 32.1. The molecule has 0 saturated heterocycles. The third kappa shape index (κ3) is 5.90. The van der Waals surface area contributed by atoms with Crippen molar-refractivity contribution in [3.8, 4) is 0 Å². The van der Waals surface area contributed by atoms with Gasteiger partial charge in [-0.3, -0.25) is 9.59 Å². The zero-order valence-corrected chi connectivity index (χ0v) is 21.8. The number of amides is 1. The Bertz CT molecular complexity index is 1190. The number of nitrogens with one attached hydrogen (secondary N) is 1. The molecular formula is C28H35N3O3S. The van der Waals surface area contributed by atoms with E-state index in [-0.39, 0.29) is 12.3 Å². The van der Waals surface area contributed by atoms with Gasteiger partial charge in [-0.05, 0) is 87.5 Å². The number of benzene rings is 2. The normalized spacial score (nSPS) is 20.0. The molecule has 186 valence electrons. The molecule has 1 fully saturated rings. The Labute approximate surface area is 211 Å². The van der Waals surface area contributed by atoms with Crippen molar-refractivity contribution in [2.75, 3.05) is 21.1 Å². The van der Waals surface area contributed by atoms with Crippen molar-refractivity contribution in [3.05, 3.63) is 64.2 Å². The molecular weight excluding hydrogens is 458 g/mol. The highest BCUT2D eigenvalue weighted by Crippen LogP contribution is 2.42. The molecule has 2 aromatic carbocycles. The summed E-state index contributed by atoms with van der Waals surface area (Å²) in [5.41, 5.74) is 3.54. The van der Waals surface area contributed by atoms with Crippen LogP contribution in [0.2, 0.25) is 0 Å². The maximum atomic E-state index is 13.2. The number of carboxylic acid groups (broad SMARTS) is 1. The molecule has 2 aliphatic rings. The number of hydrogen-bond donors (Lipinski definition) is 2. The van der Waals surface area contributed by atoms with E-state index in [9.17, 15) is 14.7 Å². The molecule has 0 atom stereocenters. The van der Waals surface area contributed by atoms with E-state index in [2.05, 4.69) is 35.4 Å². The summed E-state index contributed by atoms with van der Waals surface area (Å²) in [6.45, 7) is 2.62. The van der Waals surface area contributed by atoms with Crippen molar-refractivity contribution in [1.82, 2.24) is 15.2 Å². The van der Waals surface area contributed by atoms with Crippen molar-refractivity contribution in [2.24, 2.45) is 11.3 Å². The number of carbonyl (C=O) groups excluding carboxylic acids is 1. The molecule has 1 aromatic heterocycles.